The van der Waals surface area contributed by atoms with Gasteiger partial charge in [0.05, 0.1) is 17.9 Å². The number of aromatic nitrogens is 3. The van der Waals surface area contributed by atoms with E-state index in [-0.39, 0.29) is 0 Å². The fourth-order valence-corrected chi connectivity index (χ4v) is 2.30. The van der Waals surface area contributed by atoms with E-state index < -0.39 is 6.10 Å². The first-order chi connectivity index (χ1) is 9.18. The molecule has 4 nitrogen and oxygen atoms in total. The van der Waals surface area contributed by atoms with Crippen LogP contribution in [0.3, 0.4) is 0 Å². The summed E-state index contributed by atoms with van der Waals surface area (Å²) in [6, 6.07) is 5.96. The molecule has 0 saturated heterocycles. The minimum Gasteiger partial charge on any atom is -0.384 e. The highest BCUT2D eigenvalue weighted by Crippen LogP contribution is 2.28. The second-order valence-corrected chi connectivity index (χ2v) is 4.70. The Morgan fingerprint density at radius 1 is 1.16 bits per heavy atom. The van der Waals surface area contributed by atoms with Crippen molar-refractivity contribution in [1.29, 1.82) is 0 Å². The van der Waals surface area contributed by atoms with Gasteiger partial charge in [0.2, 0.25) is 0 Å². The van der Waals surface area contributed by atoms with E-state index in [4.69, 9.17) is 0 Å². The fraction of sp³-hybridized carbons (Fsp3) is 0.200. The lowest BCUT2D eigenvalue weighted by Gasteiger charge is -2.14. The topological polar surface area (TPSA) is 50.4 Å². The zero-order valence-corrected chi connectivity index (χ0v) is 10.9. The summed E-state index contributed by atoms with van der Waals surface area (Å²) in [6.07, 6.45) is 6.18. The predicted molar refractivity (Wildman–Crippen MR) is 73.0 cm³/mol. The Hall–Kier alpha value is -2.20. The van der Waals surface area contributed by atoms with Crippen molar-refractivity contribution in [2.45, 2.75) is 20.0 Å². The van der Waals surface area contributed by atoms with Crippen molar-refractivity contribution < 1.29 is 5.11 Å². The minimum atomic E-state index is -0.679. The summed E-state index contributed by atoms with van der Waals surface area (Å²) in [5, 5.41) is 14.8. The Bertz CT molecular complexity index is 733. The Balaban J connectivity index is 2.13. The van der Waals surface area contributed by atoms with Gasteiger partial charge in [0.15, 0.2) is 0 Å². The summed E-state index contributed by atoms with van der Waals surface area (Å²) in [5.74, 6) is 0. The van der Waals surface area contributed by atoms with E-state index in [2.05, 4.69) is 10.1 Å². The maximum atomic E-state index is 10.6. The molecule has 0 amide bonds. The molecule has 19 heavy (non-hydrogen) atoms. The first-order valence-corrected chi connectivity index (χ1v) is 6.20. The summed E-state index contributed by atoms with van der Waals surface area (Å²) in [7, 11) is 0. The number of fused-ring (bicyclic) bond motifs is 1. The average Bonchev–Trinajstić information content (AvgIpc) is 2.85. The molecular formula is C15H15N3O. The van der Waals surface area contributed by atoms with E-state index in [1.807, 2.05) is 32.0 Å². The number of hydrogen-bond acceptors (Lipinski definition) is 3. The van der Waals surface area contributed by atoms with E-state index in [1.165, 1.54) is 5.56 Å². The van der Waals surface area contributed by atoms with Crippen LogP contribution in [0.4, 0.5) is 0 Å². The third-order valence-corrected chi connectivity index (χ3v) is 3.59. The number of aliphatic hydroxyl groups is 1. The molecule has 1 aromatic carbocycles. The number of hydrogen-bond donors (Lipinski definition) is 1. The number of rotatable bonds is 2. The van der Waals surface area contributed by atoms with Gasteiger partial charge in [0.1, 0.15) is 6.10 Å². The highest BCUT2D eigenvalue weighted by Gasteiger charge is 2.17. The van der Waals surface area contributed by atoms with Gasteiger partial charge in [0, 0.05) is 18.0 Å². The van der Waals surface area contributed by atoms with Crippen LogP contribution in [0.15, 0.2) is 43.0 Å². The standard InChI is InChI=1S/C15H15N3O/c1-10-4-3-5-12(11(10)2)15(19)13-8-17-18-7-6-16-9-14(13)18/h3-9,15,19H,1-2H3. The quantitative estimate of drug-likeness (QED) is 0.763. The predicted octanol–water partition coefficient (Wildman–Crippen LogP) is 2.43. The highest BCUT2D eigenvalue weighted by molar-refractivity contribution is 5.55. The van der Waals surface area contributed by atoms with Gasteiger partial charge in [-0.25, -0.2) is 4.52 Å². The summed E-state index contributed by atoms with van der Waals surface area (Å²) < 4.78 is 1.72. The lowest BCUT2D eigenvalue weighted by molar-refractivity contribution is 0.221. The summed E-state index contributed by atoms with van der Waals surface area (Å²) in [6.45, 7) is 4.07. The molecule has 2 heterocycles. The summed E-state index contributed by atoms with van der Waals surface area (Å²) in [4.78, 5) is 4.09. The molecule has 1 N–H and O–H groups in total. The van der Waals surface area contributed by atoms with E-state index in [1.54, 1.807) is 29.3 Å². The summed E-state index contributed by atoms with van der Waals surface area (Å²) >= 11 is 0. The Labute approximate surface area is 111 Å². The van der Waals surface area contributed by atoms with Crippen LogP contribution in [0.5, 0.6) is 0 Å². The van der Waals surface area contributed by atoms with Gasteiger partial charge in [-0.3, -0.25) is 4.98 Å². The monoisotopic (exact) mass is 253 g/mol. The van der Waals surface area contributed by atoms with Crippen molar-refractivity contribution in [2.75, 3.05) is 0 Å². The second-order valence-electron chi connectivity index (χ2n) is 4.70. The van der Waals surface area contributed by atoms with Crippen molar-refractivity contribution in [2.24, 2.45) is 0 Å². The first-order valence-electron chi connectivity index (χ1n) is 6.20. The Morgan fingerprint density at radius 2 is 2.00 bits per heavy atom. The second kappa shape index (κ2) is 4.48. The molecule has 0 aliphatic rings. The lowest BCUT2D eigenvalue weighted by atomic mass is 9.96. The van der Waals surface area contributed by atoms with E-state index in [9.17, 15) is 5.11 Å². The van der Waals surface area contributed by atoms with E-state index in [0.717, 1.165) is 22.2 Å². The third-order valence-electron chi connectivity index (χ3n) is 3.59. The van der Waals surface area contributed by atoms with Gasteiger partial charge < -0.3 is 5.11 Å². The maximum Gasteiger partial charge on any atom is 0.108 e. The lowest BCUT2D eigenvalue weighted by Crippen LogP contribution is -2.03. The molecule has 0 aliphatic carbocycles. The molecule has 4 heteroatoms. The summed E-state index contributed by atoms with van der Waals surface area (Å²) in [5.41, 5.74) is 4.81. The van der Waals surface area contributed by atoms with Gasteiger partial charge in [-0.2, -0.15) is 5.10 Å². The average molecular weight is 253 g/mol. The van der Waals surface area contributed by atoms with Gasteiger partial charge in [-0.05, 0) is 30.5 Å². The van der Waals surface area contributed by atoms with Gasteiger partial charge in [-0.15, -0.1) is 0 Å². The number of benzene rings is 1. The molecule has 0 radical (unpaired) electrons. The number of aryl methyl sites for hydroxylation is 1. The molecule has 96 valence electrons. The first kappa shape index (κ1) is 11.9. The maximum absolute atomic E-state index is 10.6. The minimum absolute atomic E-state index is 0.679. The Morgan fingerprint density at radius 3 is 2.84 bits per heavy atom. The van der Waals surface area contributed by atoms with Crippen LogP contribution >= 0.6 is 0 Å². The smallest absolute Gasteiger partial charge is 0.108 e. The van der Waals surface area contributed by atoms with Crippen molar-refractivity contribution in [3.63, 3.8) is 0 Å². The van der Waals surface area contributed by atoms with E-state index >= 15 is 0 Å². The molecule has 0 aliphatic heterocycles. The van der Waals surface area contributed by atoms with Crippen molar-refractivity contribution in [3.8, 4) is 0 Å². The number of nitrogens with zero attached hydrogens (tertiary/aromatic N) is 3. The third kappa shape index (κ3) is 1.90. The molecular weight excluding hydrogens is 238 g/mol. The van der Waals surface area contributed by atoms with Gasteiger partial charge in [-0.1, -0.05) is 18.2 Å². The number of aliphatic hydroxyl groups excluding tert-OH is 1. The molecule has 1 atom stereocenters. The molecule has 1 unspecified atom stereocenters. The van der Waals surface area contributed by atoms with Crippen molar-refractivity contribution in [1.82, 2.24) is 14.6 Å². The molecule has 0 saturated carbocycles. The van der Waals surface area contributed by atoms with Gasteiger partial charge in [0.25, 0.3) is 0 Å². The molecule has 3 rings (SSSR count). The molecule has 0 fully saturated rings. The van der Waals surface area contributed by atoms with E-state index in [0.29, 0.717) is 0 Å². The molecule has 0 bridgehead atoms. The largest absolute Gasteiger partial charge is 0.384 e. The van der Waals surface area contributed by atoms with Crippen LogP contribution in [-0.2, 0) is 0 Å². The van der Waals surface area contributed by atoms with Crippen LogP contribution in [0, 0.1) is 13.8 Å². The van der Waals surface area contributed by atoms with Crippen LogP contribution < -0.4 is 0 Å². The normalized spacial score (nSPS) is 12.8. The Kier molecular flexibility index (Phi) is 2.80. The van der Waals surface area contributed by atoms with Crippen LogP contribution in [0.1, 0.15) is 28.4 Å². The zero-order chi connectivity index (χ0) is 13.4. The highest BCUT2D eigenvalue weighted by atomic mass is 16.3. The molecule has 0 spiro atoms. The molecule has 3 aromatic rings. The fourth-order valence-electron chi connectivity index (χ4n) is 2.30. The SMILES string of the molecule is Cc1cccc(C(O)c2cnn3ccncc23)c1C. The van der Waals surface area contributed by atoms with Crippen LogP contribution in [0.2, 0.25) is 0 Å². The van der Waals surface area contributed by atoms with Crippen LogP contribution in [0.25, 0.3) is 5.52 Å². The van der Waals surface area contributed by atoms with Gasteiger partial charge >= 0.3 is 0 Å². The zero-order valence-electron chi connectivity index (χ0n) is 10.9. The van der Waals surface area contributed by atoms with Crippen LogP contribution in [-0.4, -0.2) is 19.7 Å². The van der Waals surface area contributed by atoms with Crippen molar-refractivity contribution in [3.05, 3.63) is 65.2 Å². The van der Waals surface area contributed by atoms with Crippen molar-refractivity contribution >= 4 is 5.52 Å². The molecule has 2 aromatic heterocycles.